The van der Waals surface area contributed by atoms with Gasteiger partial charge in [0, 0.05) is 31.8 Å². The van der Waals surface area contributed by atoms with Crippen LogP contribution in [0.4, 0.5) is 4.39 Å². The lowest BCUT2D eigenvalue weighted by Gasteiger charge is -2.22. The Labute approximate surface area is 189 Å². The number of hydrogen-bond acceptors (Lipinski definition) is 5. The van der Waals surface area contributed by atoms with Gasteiger partial charge in [-0.3, -0.25) is 0 Å². The van der Waals surface area contributed by atoms with Gasteiger partial charge in [-0.2, -0.15) is 0 Å². The third-order valence-electron chi connectivity index (χ3n) is 5.03. The van der Waals surface area contributed by atoms with Gasteiger partial charge in [0.2, 0.25) is 10.0 Å². The maximum Gasteiger partial charge on any atom is 0.330 e. The van der Waals surface area contributed by atoms with Gasteiger partial charge in [-0.15, -0.1) is 0 Å². The Morgan fingerprint density at radius 1 is 1.25 bits per heavy atom. The third-order valence-corrected chi connectivity index (χ3v) is 6.95. The number of sulfonamides is 1. The molecule has 0 radical (unpaired) electrons. The highest BCUT2D eigenvalue weighted by molar-refractivity contribution is 7.89. The number of hydrogen-bond donors (Lipinski definition) is 1. The van der Waals surface area contributed by atoms with Gasteiger partial charge in [-0.25, -0.2) is 21.9 Å². The van der Waals surface area contributed by atoms with Crippen LogP contribution >= 0.6 is 0 Å². The molecule has 0 heterocycles. The number of carbonyl (C=O) groups excluding carboxylic acids is 1. The normalized spacial score (nSPS) is 13.0. The van der Waals surface area contributed by atoms with E-state index in [2.05, 4.69) is 0 Å². The van der Waals surface area contributed by atoms with Crippen LogP contribution < -0.4 is 0 Å². The number of halogens is 1. The molecule has 1 atom stereocenters. The quantitative estimate of drug-likeness (QED) is 0.427. The molecule has 0 bridgehead atoms. The van der Waals surface area contributed by atoms with Gasteiger partial charge < -0.3 is 9.84 Å². The Balaban J connectivity index is 2.51. The molecule has 32 heavy (non-hydrogen) atoms. The Hall–Kier alpha value is -2.55. The van der Waals surface area contributed by atoms with Crippen molar-refractivity contribution in [3.05, 3.63) is 59.4 Å². The van der Waals surface area contributed by atoms with E-state index in [1.807, 2.05) is 6.92 Å². The maximum absolute atomic E-state index is 14.8. The maximum atomic E-state index is 14.8. The van der Waals surface area contributed by atoms with Gasteiger partial charge in [0.25, 0.3) is 0 Å². The molecule has 1 N–H and O–H groups in total. The molecule has 0 fully saturated rings. The zero-order chi connectivity index (χ0) is 23.9. The zero-order valence-corrected chi connectivity index (χ0v) is 19.7. The van der Waals surface area contributed by atoms with Gasteiger partial charge in [0.1, 0.15) is 5.82 Å². The molecule has 8 heteroatoms. The monoisotopic (exact) mass is 463 g/mol. The summed E-state index contributed by atoms with van der Waals surface area (Å²) in [5.41, 5.74) is 1.81. The number of nitrogens with zero attached hydrogens (tertiary/aromatic N) is 1. The summed E-state index contributed by atoms with van der Waals surface area (Å²) in [5, 5.41) is 9.25. The summed E-state index contributed by atoms with van der Waals surface area (Å²) >= 11 is 0. The summed E-state index contributed by atoms with van der Waals surface area (Å²) in [5.74, 6) is -1.22. The predicted octanol–water partition coefficient (Wildman–Crippen LogP) is 3.88. The van der Waals surface area contributed by atoms with Crippen LogP contribution in [0.2, 0.25) is 0 Å². The second kappa shape index (κ2) is 11.4. The molecule has 2 aromatic carbocycles. The van der Waals surface area contributed by atoms with E-state index in [9.17, 15) is 22.7 Å². The van der Waals surface area contributed by atoms with Crippen molar-refractivity contribution >= 4 is 22.1 Å². The van der Waals surface area contributed by atoms with Crippen molar-refractivity contribution in [2.75, 3.05) is 26.8 Å². The highest BCUT2D eigenvalue weighted by Gasteiger charge is 2.25. The molecule has 2 rings (SSSR count). The highest BCUT2D eigenvalue weighted by Crippen LogP contribution is 2.32. The first-order valence-corrected chi connectivity index (χ1v) is 11.9. The van der Waals surface area contributed by atoms with Gasteiger partial charge in [0.15, 0.2) is 0 Å². The molecule has 0 saturated heterocycles. The Kier molecular flexibility index (Phi) is 9.12. The number of aliphatic hydroxyl groups is 1. The van der Waals surface area contributed by atoms with E-state index in [4.69, 9.17) is 4.74 Å². The van der Waals surface area contributed by atoms with Crippen LogP contribution in [0.25, 0.3) is 17.2 Å². The van der Waals surface area contributed by atoms with Crippen molar-refractivity contribution in [3.8, 4) is 11.1 Å². The van der Waals surface area contributed by atoms with Gasteiger partial charge >= 0.3 is 5.97 Å². The van der Waals surface area contributed by atoms with Gasteiger partial charge in [-0.1, -0.05) is 32.0 Å². The van der Waals surface area contributed by atoms with Crippen LogP contribution in [-0.4, -0.2) is 50.6 Å². The summed E-state index contributed by atoms with van der Waals surface area (Å²) in [6.45, 7) is 5.59. The molecule has 0 aromatic heterocycles. The van der Waals surface area contributed by atoms with Crippen molar-refractivity contribution in [1.82, 2.24) is 4.31 Å². The fourth-order valence-electron chi connectivity index (χ4n) is 3.36. The van der Waals surface area contributed by atoms with E-state index in [0.717, 1.165) is 0 Å². The van der Waals surface area contributed by atoms with Crippen LogP contribution in [0.15, 0.2) is 47.4 Å². The van der Waals surface area contributed by atoms with Crippen LogP contribution in [0.5, 0.6) is 0 Å². The molecule has 1 unspecified atom stereocenters. The van der Waals surface area contributed by atoms with Crippen molar-refractivity contribution in [2.24, 2.45) is 5.92 Å². The standard InChI is InChI=1S/C24H30FNO5S/c1-5-18-14-20(10-12-22(18)32(29,30)26(4)15-17(3)16-27)24-19(8-7-9-21(24)25)11-13-23(28)31-6-2/h7-14,17,27H,5-6,15-16H2,1-4H3/b13-11+. The minimum absolute atomic E-state index is 0.116. The summed E-state index contributed by atoms with van der Waals surface area (Å²) in [7, 11) is -2.30. The molecule has 0 amide bonds. The molecule has 174 valence electrons. The first kappa shape index (κ1) is 25.7. The number of aryl methyl sites for hydroxylation is 1. The van der Waals surface area contributed by atoms with Crippen molar-refractivity contribution in [3.63, 3.8) is 0 Å². The van der Waals surface area contributed by atoms with Crippen LogP contribution in [0.1, 0.15) is 31.9 Å². The summed E-state index contributed by atoms with van der Waals surface area (Å²) in [6.07, 6.45) is 3.14. The molecule has 0 aliphatic rings. The van der Waals surface area contributed by atoms with Gasteiger partial charge in [-0.05, 0) is 60.2 Å². The molecular formula is C24H30FNO5S. The molecular weight excluding hydrogens is 433 g/mol. The molecule has 0 saturated carbocycles. The lowest BCUT2D eigenvalue weighted by Crippen LogP contribution is -2.32. The largest absolute Gasteiger partial charge is 0.463 e. The average molecular weight is 464 g/mol. The summed E-state index contributed by atoms with van der Waals surface area (Å²) < 4.78 is 47.1. The minimum atomic E-state index is -3.78. The first-order chi connectivity index (χ1) is 15.1. The third kappa shape index (κ3) is 6.03. The molecule has 0 aliphatic heterocycles. The number of aliphatic hydroxyl groups excluding tert-OH is 1. The predicted molar refractivity (Wildman–Crippen MR) is 123 cm³/mol. The van der Waals surface area contributed by atoms with Crippen LogP contribution in [0, 0.1) is 11.7 Å². The van der Waals surface area contributed by atoms with Gasteiger partial charge in [0.05, 0.1) is 11.5 Å². The fourth-order valence-corrected chi connectivity index (χ4v) is 4.92. The number of benzene rings is 2. The van der Waals surface area contributed by atoms with Crippen LogP contribution in [-0.2, 0) is 26.0 Å². The Morgan fingerprint density at radius 3 is 2.59 bits per heavy atom. The van der Waals surface area contributed by atoms with E-state index in [1.54, 1.807) is 38.1 Å². The van der Waals surface area contributed by atoms with E-state index in [1.165, 1.54) is 35.6 Å². The smallest absolute Gasteiger partial charge is 0.330 e. The lowest BCUT2D eigenvalue weighted by atomic mass is 9.96. The van der Waals surface area contributed by atoms with E-state index in [-0.39, 0.29) is 36.1 Å². The van der Waals surface area contributed by atoms with E-state index < -0.39 is 21.8 Å². The second-order valence-electron chi connectivity index (χ2n) is 7.54. The topological polar surface area (TPSA) is 83.9 Å². The average Bonchev–Trinajstić information content (AvgIpc) is 2.77. The molecule has 6 nitrogen and oxygen atoms in total. The fraction of sp³-hybridized carbons (Fsp3) is 0.375. The Bertz CT molecular complexity index is 1080. The number of ether oxygens (including phenoxy) is 1. The molecule has 0 aliphatic carbocycles. The Morgan fingerprint density at radius 2 is 1.97 bits per heavy atom. The molecule has 2 aromatic rings. The number of esters is 1. The van der Waals surface area contributed by atoms with Crippen LogP contribution in [0.3, 0.4) is 0 Å². The van der Waals surface area contributed by atoms with Crippen molar-refractivity contribution in [2.45, 2.75) is 32.1 Å². The highest BCUT2D eigenvalue weighted by atomic mass is 32.2. The summed E-state index contributed by atoms with van der Waals surface area (Å²) in [4.78, 5) is 11.8. The zero-order valence-electron chi connectivity index (χ0n) is 18.8. The molecule has 0 spiro atoms. The van der Waals surface area contributed by atoms with E-state index >= 15 is 0 Å². The first-order valence-electron chi connectivity index (χ1n) is 10.5. The second-order valence-corrected chi connectivity index (χ2v) is 9.55. The van der Waals surface area contributed by atoms with Crippen molar-refractivity contribution in [1.29, 1.82) is 0 Å². The lowest BCUT2D eigenvalue weighted by molar-refractivity contribution is -0.137. The minimum Gasteiger partial charge on any atom is -0.463 e. The van der Waals surface area contributed by atoms with Crippen molar-refractivity contribution < 1.29 is 27.4 Å². The van der Waals surface area contributed by atoms with E-state index in [0.29, 0.717) is 23.1 Å². The summed E-state index contributed by atoms with van der Waals surface area (Å²) in [6, 6.07) is 9.24. The number of rotatable bonds is 10. The number of carbonyl (C=O) groups is 1. The SMILES string of the molecule is CCOC(=O)/C=C/c1cccc(F)c1-c1ccc(S(=O)(=O)N(C)CC(C)CO)c(CC)c1.